The van der Waals surface area contributed by atoms with Crippen LogP contribution in [0.4, 0.5) is 8.78 Å². The second-order valence-corrected chi connectivity index (χ2v) is 8.13. The van der Waals surface area contributed by atoms with Crippen LogP contribution in [0, 0.1) is 18.6 Å². The number of aliphatic hydroxyl groups is 1. The minimum absolute atomic E-state index is 0.302. The third-order valence-corrected chi connectivity index (χ3v) is 6.25. The van der Waals surface area contributed by atoms with E-state index < -0.39 is 17.0 Å². The minimum Gasteiger partial charge on any atom is -0.496 e. The lowest BCUT2D eigenvalue weighted by Crippen LogP contribution is -2.39. The molecule has 1 atom stereocenters. The summed E-state index contributed by atoms with van der Waals surface area (Å²) in [6.07, 6.45) is 2.90. The molecule has 0 fully saturated rings. The fourth-order valence-electron chi connectivity index (χ4n) is 4.56. The molecule has 2 aromatic heterocycles. The molecule has 4 aromatic rings. The van der Waals surface area contributed by atoms with E-state index in [0.29, 0.717) is 54.0 Å². The molecule has 0 bridgehead atoms. The van der Waals surface area contributed by atoms with Gasteiger partial charge >= 0.3 is 0 Å². The van der Waals surface area contributed by atoms with E-state index in [9.17, 15) is 13.9 Å². The van der Waals surface area contributed by atoms with E-state index in [0.717, 1.165) is 23.3 Å². The van der Waals surface area contributed by atoms with E-state index in [2.05, 4.69) is 15.2 Å². The highest BCUT2D eigenvalue weighted by Gasteiger charge is 2.42. The van der Waals surface area contributed by atoms with E-state index in [1.807, 2.05) is 22.8 Å². The zero-order valence-corrected chi connectivity index (χ0v) is 18.2. The molecular weight excluding hydrogens is 430 g/mol. The molecule has 0 amide bonds. The summed E-state index contributed by atoms with van der Waals surface area (Å²) in [5, 5.41) is 19.2. The number of oxazole rings is 1. The van der Waals surface area contributed by atoms with Gasteiger partial charge in [0.1, 0.15) is 11.6 Å². The Labute approximate surface area is 188 Å². The lowest BCUT2D eigenvalue weighted by Gasteiger charge is -2.36. The van der Waals surface area contributed by atoms with E-state index in [4.69, 9.17) is 9.15 Å². The molecule has 3 heterocycles. The Morgan fingerprint density at radius 2 is 2.00 bits per heavy atom. The first kappa shape index (κ1) is 21.3. The molecule has 1 aliphatic rings. The predicted octanol–water partition coefficient (Wildman–Crippen LogP) is 4.27. The highest BCUT2D eigenvalue weighted by Crippen LogP contribution is 2.42. The fraction of sp³-hybridized carbons (Fsp3) is 0.292. The highest BCUT2D eigenvalue weighted by molar-refractivity contribution is 5.71. The first-order valence-electron chi connectivity index (χ1n) is 10.6. The van der Waals surface area contributed by atoms with Gasteiger partial charge in [0.05, 0.1) is 30.9 Å². The summed E-state index contributed by atoms with van der Waals surface area (Å²) in [4.78, 5) is 4.14. The maximum atomic E-state index is 14.0. The van der Waals surface area contributed by atoms with Crippen LogP contribution in [0.2, 0.25) is 0 Å². The summed E-state index contributed by atoms with van der Waals surface area (Å²) >= 11 is 0. The van der Waals surface area contributed by atoms with Crippen molar-refractivity contribution in [1.82, 2.24) is 19.7 Å². The maximum absolute atomic E-state index is 14.0. The van der Waals surface area contributed by atoms with Crippen molar-refractivity contribution in [3.63, 3.8) is 0 Å². The molecule has 2 aromatic carbocycles. The average molecular weight is 452 g/mol. The molecule has 5 rings (SSSR count). The Morgan fingerprint density at radius 1 is 1.15 bits per heavy atom. The topological polar surface area (TPSA) is 86.2 Å². The largest absolute Gasteiger partial charge is 0.496 e. The van der Waals surface area contributed by atoms with Gasteiger partial charge in [-0.05, 0) is 42.7 Å². The zero-order valence-electron chi connectivity index (χ0n) is 18.2. The molecule has 0 radical (unpaired) electrons. The van der Waals surface area contributed by atoms with Crippen molar-refractivity contribution in [2.45, 2.75) is 31.7 Å². The third-order valence-electron chi connectivity index (χ3n) is 6.25. The molecule has 1 unspecified atom stereocenters. The summed E-state index contributed by atoms with van der Waals surface area (Å²) in [5.41, 5.74) is 1.02. The Balaban J connectivity index is 1.60. The number of ether oxygens (including phenoxy) is 1. The van der Waals surface area contributed by atoms with Gasteiger partial charge in [0.2, 0.25) is 0 Å². The SMILES string of the molecule is COc1cc(-c2nnc3n2CCCC3(CO)c2ccc(F)c(F)c2)ccc1-c1cnc(C)o1. The van der Waals surface area contributed by atoms with Crippen LogP contribution < -0.4 is 4.74 Å². The Hall–Kier alpha value is -3.59. The van der Waals surface area contributed by atoms with Crippen molar-refractivity contribution < 1.29 is 23.0 Å². The summed E-state index contributed by atoms with van der Waals surface area (Å²) in [6.45, 7) is 2.10. The number of hydrogen-bond donors (Lipinski definition) is 1. The van der Waals surface area contributed by atoms with Gasteiger partial charge < -0.3 is 18.8 Å². The van der Waals surface area contributed by atoms with Crippen LogP contribution in [0.5, 0.6) is 5.75 Å². The van der Waals surface area contributed by atoms with Crippen LogP contribution in [0.1, 0.15) is 30.1 Å². The first-order chi connectivity index (χ1) is 16.0. The number of halogens is 2. The zero-order chi connectivity index (χ0) is 23.2. The van der Waals surface area contributed by atoms with Crippen molar-refractivity contribution >= 4 is 0 Å². The highest BCUT2D eigenvalue weighted by atomic mass is 19.2. The van der Waals surface area contributed by atoms with Crippen LogP contribution in [0.25, 0.3) is 22.7 Å². The second kappa shape index (κ2) is 8.08. The standard InChI is InChI=1S/C24H22F2N4O3/c1-14-27-12-21(33-14)17-6-4-15(10-20(17)32-2)22-28-29-23-24(13-31,8-3-9-30(22)23)16-5-7-18(25)19(26)11-16/h4-7,10-12,31H,3,8-9,13H2,1-2H3. The predicted molar refractivity (Wildman–Crippen MR) is 116 cm³/mol. The minimum atomic E-state index is -0.973. The first-order valence-corrected chi connectivity index (χ1v) is 10.6. The van der Waals surface area contributed by atoms with Gasteiger partial charge in [-0.25, -0.2) is 13.8 Å². The number of nitrogens with zero attached hydrogens (tertiary/aromatic N) is 4. The van der Waals surface area contributed by atoms with Gasteiger partial charge in [-0.1, -0.05) is 12.1 Å². The number of benzene rings is 2. The van der Waals surface area contributed by atoms with Crippen molar-refractivity contribution in [2.24, 2.45) is 0 Å². The van der Waals surface area contributed by atoms with Gasteiger partial charge in [0.25, 0.3) is 0 Å². The van der Waals surface area contributed by atoms with Crippen molar-refractivity contribution in [2.75, 3.05) is 13.7 Å². The van der Waals surface area contributed by atoms with E-state index in [1.54, 1.807) is 20.2 Å². The Morgan fingerprint density at radius 3 is 2.70 bits per heavy atom. The Bertz CT molecular complexity index is 1330. The maximum Gasteiger partial charge on any atom is 0.191 e. The number of fused-ring (bicyclic) bond motifs is 1. The second-order valence-electron chi connectivity index (χ2n) is 8.13. The number of rotatable bonds is 5. The average Bonchev–Trinajstić information content (AvgIpc) is 3.47. The molecule has 33 heavy (non-hydrogen) atoms. The number of hydrogen-bond acceptors (Lipinski definition) is 6. The number of aromatic nitrogens is 4. The molecule has 0 saturated carbocycles. The fourth-order valence-corrected chi connectivity index (χ4v) is 4.56. The third kappa shape index (κ3) is 3.39. The smallest absolute Gasteiger partial charge is 0.191 e. The van der Waals surface area contributed by atoms with Crippen LogP contribution in [-0.4, -0.2) is 38.6 Å². The van der Waals surface area contributed by atoms with Crippen LogP contribution in [0.3, 0.4) is 0 Å². The molecule has 1 aliphatic heterocycles. The quantitative estimate of drug-likeness (QED) is 0.487. The van der Waals surface area contributed by atoms with Gasteiger partial charge in [0, 0.05) is 19.0 Å². The molecule has 7 nitrogen and oxygen atoms in total. The number of aryl methyl sites for hydroxylation is 1. The van der Waals surface area contributed by atoms with E-state index in [1.165, 1.54) is 6.07 Å². The normalized spacial score (nSPS) is 17.7. The van der Waals surface area contributed by atoms with Crippen LogP contribution in [0.15, 0.2) is 47.0 Å². The molecule has 170 valence electrons. The molecule has 9 heteroatoms. The van der Waals surface area contributed by atoms with E-state index in [-0.39, 0.29) is 6.61 Å². The number of aliphatic hydroxyl groups excluding tert-OH is 1. The van der Waals surface area contributed by atoms with Crippen molar-refractivity contribution in [1.29, 1.82) is 0 Å². The Kier molecular flexibility index (Phi) is 5.20. The monoisotopic (exact) mass is 452 g/mol. The molecule has 0 spiro atoms. The summed E-state index contributed by atoms with van der Waals surface area (Å²) in [5.74, 6) is 0.969. The molecular formula is C24H22F2N4O3. The van der Waals surface area contributed by atoms with Gasteiger partial charge in [-0.15, -0.1) is 10.2 Å². The van der Waals surface area contributed by atoms with Gasteiger partial charge in [0.15, 0.2) is 29.1 Å². The lowest BCUT2D eigenvalue weighted by molar-refractivity contribution is 0.184. The van der Waals surface area contributed by atoms with Crippen LogP contribution >= 0.6 is 0 Å². The van der Waals surface area contributed by atoms with Crippen molar-refractivity contribution in [3.8, 4) is 28.5 Å². The van der Waals surface area contributed by atoms with Crippen LogP contribution in [-0.2, 0) is 12.0 Å². The number of methoxy groups -OCH3 is 1. The molecule has 0 aliphatic carbocycles. The molecule has 1 N–H and O–H groups in total. The lowest BCUT2D eigenvalue weighted by atomic mass is 9.74. The summed E-state index contributed by atoms with van der Waals surface area (Å²) in [6, 6.07) is 9.31. The van der Waals surface area contributed by atoms with Gasteiger partial charge in [-0.3, -0.25) is 0 Å². The van der Waals surface area contributed by atoms with E-state index >= 15 is 0 Å². The molecule has 0 saturated heterocycles. The summed E-state index contributed by atoms with van der Waals surface area (Å²) < 4.78 is 40.7. The summed E-state index contributed by atoms with van der Waals surface area (Å²) in [7, 11) is 1.57. The van der Waals surface area contributed by atoms with Gasteiger partial charge in [-0.2, -0.15) is 0 Å². The van der Waals surface area contributed by atoms with Crippen molar-refractivity contribution in [3.05, 3.63) is 71.5 Å².